The van der Waals surface area contributed by atoms with Gasteiger partial charge in [0.05, 0.1) is 39.6 Å². The summed E-state index contributed by atoms with van der Waals surface area (Å²) in [6, 6.07) is 0. The van der Waals surface area contributed by atoms with Gasteiger partial charge < -0.3 is 41.8 Å². The van der Waals surface area contributed by atoms with Gasteiger partial charge in [-0.25, -0.2) is 0 Å². The second-order valence-electron chi connectivity index (χ2n) is 14.5. The molecule has 12 nitrogen and oxygen atoms in total. The van der Waals surface area contributed by atoms with Gasteiger partial charge in [-0.1, -0.05) is 189 Å². The molecule has 0 N–H and O–H groups in total. The van der Waals surface area contributed by atoms with Gasteiger partial charge in [0.15, 0.2) is 0 Å². The normalized spacial score (nSPS) is 14.3. The number of hydrogen-bond donors (Lipinski definition) is 0. The van der Waals surface area contributed by atoms with Crippen LogP contribution in [-0.4, -0.2) is 39.6 Å². The summed E-state index contributed by atoms with van der Waals surface area (Å²) in [5.74, 6) is 0. The maximum absolute atomic E-state index is 11.4. The van der Waals surface area contributed by atoms with E-state index in [2.05, 4.69) is 41.5 Å². The minimum absolute atomic E-state index is 0. The maximum atomic E-state index is 11.4. The Balaban J connectivity index is -0.000000367. The molecule has 0 spiro atoms. The van der Waals surface area contributed by atoms with E-state index in [1.807, 2.05) is 0 Å². The van der Waals surface area contributed by atoms with E-state index in [0.29, 0.717) is 0 Å². The van der Waals surface area contributed by atoms with Crippen molar-refractivity contribution in [1.82, 2.24) is 0 Å². The Morgan fingerprint density at radius 1 is 0.263 bits per heavy atom. The summed E-state index contributed by atoms with van der Waals surface area (Å²) in [5.41, 5.74) is 0. The fourth-order valence-electron chi connectivity index (χ4n) is 5.23. The van der Waals surface area contributed by atoms with E-state index >= 15 is 0 Å². The molecule has 0 saturated heterocycles. The summed E-state index contributed by atoms with van der Waals surface area (Å²) < 4.78 is 62.9. The summed E-state index contributed by atoms with van der Waals surface area (Å²) in [7, 11) is -12.2. The van der Waals surface area contributed by atoms with Crippen LogP contribution in [0.3, 0.4) is 0 Å². The van der Waals surface area contributed by atoms with Gasteiger partial charge in [0.1, 0.15) is 0 Å². The Kier molecular flexibility index (Phi) is 56.0. The van der Waals surface area contributed by atoms with Crippen LogP contribution in [0.5, 0.6) is 0 Å². The molecule has 0 aromatic rings. The Labute approximate surface area is 362 Å². The minimum atomic E-state index is -4.06. The number of hydrogen-bond acceptors (Lipinski definition) is 12. The molecule has 0 heterocycles. The third-order valence-electron chi connectivity index (χ3n) is 8.73. The Bertz CT molecular complexity index is 874. The second-order valence-corrected chi connectivity index (χ2v) is 18.7. The summed E-state index contributed by atoms with van der Waals surface area (Å²) in [5, 5.41) is 0. The van der Waals surface area contributed by atoms with Crippen molar-refractivity contribution in [3.63, 3.8) is 0 Å². The quantitative estimate of drug-likeness (QED) is 0.0420. The zero-order chi connectivity index (χ0) is 42.5. The van der Waals surface area contributed by atoms with E-state index < -0.39 is 23.5 Å². The first kappa shape index (κ1) is 64.5. The first-order valence-electron chi connectivity index (χ1n) is 22.7. The summed E-state index contributed by atoms with van der Waals surface area (Å²) in [6.07, 6.45) is 30.7. The predicted molar refractivity (Wildman–Crippen MR) is 226 cm³/mol. The van der Waals surface area contributed by atoms with Crippen LogP contribution >= 0.6 is 23.5 Å². The number of phosphoric acid groups is 3. The van der Waals surface area contributed by atoms with Gasteiger partial charge in [0, 0.05) is 0 Å². The van der Waals surface area contributed by atoms with E-state index in [0.717, 1.165) is 128 Å². The van der Waals surface area contributed by atoms with Crippen molar-refractivity contribution in [2.45, 2.75) is 228 Å². The predicted octanol–water partition coefficient (Wildman–Crippen LogP) is 12.9. The van der Waals surface area contributed by atoms with Crippen LogP contribution in [0.2, 0.25) is 0 Å². The van der Waals surface area contributed by atoms with E-state index in [-0.39, 0.29) is 57.0 Å². The molecule has 0 amide bonds. The largest absolute Gasteiger partial charge is 3.00 e. The van der Waals surface area contributed by atoms with Crippen LogP contribution in [0.25, 0.3) is 0 Å². The number of unbranched alkanes of at least 4 members (excludes halogenated alkanes) is 23. The van der Waals surface area contributed by atoms with Crippen molar-refractivity contribution < 1.29 is 72.9 Å². The molecular weight excluding hydrogens is 829 g/mol. The van der Waals surface area contributed by atoms with Gasteiger partial charge in [-0.3, -0.25) is 13.7 Å². The molecule has 0 aromatic heterocycles. The standard InChI is InChI=1S/C15H33O4P.2C13H29O4P.Cr/c1-3-5-7-9-11-13-15-19-20(16,17)18-14-12-10-8-6-4-2;2*1-3-5-7-9-11-13-17-18(14,15)16-12-10-8-6-4-2;/h3-15H2,1-2H3,(H,16,17);2*3-13H2,1-2H3,(H,14,15);/q;;;+3/p-3. The van der Waals surface area contributed by atoms with Gasteiger partial charge >= 0.3 is 17.4 Å². The van der Waals surface area contributed by atoms with Gasteiger partial charge in [0.25, 0.3) is 23.5 Å². The molecular formula is C41H88CrO12P3. The average molecular weight is 918 g/mol. The SMILES string of the molecule is CCCCCCCCOP(=O)([O-])OCCCCCCC.CCCCCCCOP(=O)([O-])OCCCCCC.CCCCCCCOP(=O)([O-])OCCCCCC.[Cr+3]. The van der Waals surface area contributed by atoms with Crippen LogP contribution in [0, 0.1) is 0 Å². The maximum Gasteiger partial charge on any atom is 3.00 e. The third kappa shape index (κ3) is 59.0. The fourth-order valence-corrected chi connectivity index (χ4v) is 7.57. The molecule has 0 aliphatic heterocycles. The molecule has 0 aliphatic rings. The van der Waals surface area contributed by atoms with Crippen LogP contribution < -0.4 is 14.7 Å². The van der Waals surface area contributed by atoms with E-state index in [4.69, 9.17) is 27.1 Å². The Hall–Kier alpha value is 0.862. The topological polar surface area (TPSA) is 176 Å². The number of phosphoric ester groups is 3. The summed E-state index contributed by atoms with van der Waals surface area (Å²) in [6.45, 7) is 14.3. The fraction of sp³-hybridized carbons (Fsp3) is 1.00. The summed E-state index contributed by atoms with van der Waals surface area (Å²) in [4.78, 5) is 34.1. The molecule has 0 aliphatic carbocycles. The minimum Gasteiger partial charge on any atom is -0.756 e. The molecule has 0 bridgehead atoms. The molecule has 345 valence electrons. The zero-order valence-electron chi connectivity index (χ0n) is 37.4. The molecule has 3 atom stereocenters. The van der Waals surface area contributed by atoms with Crippen LogP contribution in [0.15, 0.2) is 0 Å². The van der Waals surface area contributed by atoms with E-state index in [1.54, 1.807) is 0 Å². The van der Waals surface area contributed by atoms with Gasteiger partial charge in [-0.2, -0.15) is 0 Å². The van der Waals surface area contributed by atoms with Crippen molar-refractivity contribution in [3.05, 3.63) is 0 Å². The number of rotatable bonds is 41. The first-order chi connectivity index (χ1) is 26.9. The molecule has 0 aromatic carbocycles. The van der Waals surface area contributed by atoms with Crippen molar-refractivity contribution in [2.24, 2.45) is 0 Å². The molecule has 16 heteroatoms. The van der Waals surface area contributed by atoms with Crippen molar-refractivity contribution >= 4 is 23.5 Å². The van der Waals surface area contributed by atoms with Gasteiger partial charge in [-0.05, 0) is 38.5 Å². The molecule has 1 radical (unpaired) electrons. The van der Waals surface area contributed by atoms with Crippen molar-refractivity contribution in [3.8, 4) is 0 Å². The Morgan fingerprint density at radius 3 is 0.544 bits per heavy atom. The van der Waals surface area contributed by atoms with Crippen molar-refractivity contribution in [1.29, 1.82) is 0 Å². The van der Waals surface area contributed by atoms with Crippen molar-refractivity contribution in [2.75, 3.05) is 39.6 Å². The third-order valence-corrected chi connectivity index (χ3v) is 11.7. The van der Waals surface area contributed by atoms with E-state index in [9.17, 15) is 28.4 Å². The smallest absolute Gasteiger partial charge is 0.756 e. The molecule has 3 unspecified atom stereocenters. The van der Waals surface area contributed by atoms with E-state index in [1.165, 1.54) is 57.8 Å². The Morgan fingerprint density at radius 2 is 0.386 bits per heavy atom. The molecule has 0 fully saturated rings. The van der Waals surface area contributed by atoms with Gasteiger partial charge in [-0.15, -0.1) is 0 Å². The summed E-state index contributed by atoms with van der Waals surface area (Å²) >= 11 is 0. The second kappa shape index (κ2) is 49.5. The van der Waals surface area contributed by atoms with Crippen LogP contribution in [0.4, 0.5) is 0 Å². The molecule has 0 rings (SSSR count). The van der Waals surface area contributed by atoms with Crippen LogP contribution in [-0.2, 0) is 58.2 Å². The van der Waals surface area contributed by atoms with Crippen LogP contribution in [0.1, 0.15) is 228 Å². The average Bonchev–Trinajstić information content (AvgIpc) is 3.16. The van der Waals surface area contributed by atoms with Gasteiger partial charge in [0.2, 0.25) is 0 Å². The molecule has 57 heavy (non-hydrogen) atoms. The first-order valence-corrected chi connectivity index (χ1v) is 27.0. The zero-order valence-corrected chi connectivity index (χ0v) is 41.4. The monoisotopic (exact) mass is 917 g/mol. The molecule has 0 saturated carbocycles.